The van der Waals surface area contributed by atoms with Crippen molar-refractivity contribution in [3.05, 3.63) is 0 Å². The first-order valence-corrected chi connectivity index (χ1v) is 6.59. The van der Waals surface area contributed by atoms with E-state index in [1.54, 1.807) is 6.92 Å². The van der Waals surface area contributed by atoms with E-state index >= 15 is 0 Å². The summed E-state index contributed by atoms with van der Waals surface area (Å²) >= 11 is 1.95. The van der Waals surface area contributed by atoms with Gasteiger partial charge in [0, 0.05) is 11.3 Å². The first kappa shape index (κ1) is 12.8. The van der Waals surface area contributed by atoms with Crippen LogP contribution in [0.4, 0.5) is 0 Å². The summed E-state index contributed by atoms with van der Waals surface area (Å²) in [6.45, 7) is 6.67. The summed E-state index contributed by atoms with van der Waals surface area (Å²) in [7, 11) is 0. The molecule has 1 amide bonds. The third-order valence-electron chi connectivity index (χ3n) is 3.18. The zero-order chi connectivity index (χ0) is 11.5. The molecular formula is C11H22N2OS. The lowest BCUT2D eigenvalue weighted by Crippen LogP contribution is -2.53. The monoisotopic (exact) mass is 230 g/mol. The molecule has 1 heterocycles. The third kappa shape index (κ3) is 3.38. The normalized spacial score (nSPS) is 29.9. The van der Waals surface area contributed by atoms with Crippen LogP contribution >= 0.6 is 11.8 Å². The minimum Gasteiger partial charge on any atom is -0.353 e. The minimum absolute atomic E-state index is 0.0290. The van der Waals surface area contributed by atoms with E-state index in [0.717, 1.165) is 6.54 Å². The number of nitrogens with one attached hydrogen (secondary N) is 1. The van der Waals surface area contributed by atoms with Gasteiger partial charge in [-0.25, -0.2) is 0 Å². The molecule has 15 heavy (non-hydrogen) atoms. The number of nitrogens with two attached hydrogens (primary N) is 1. The molecule has 0 aromatic heterocycles. The maximum atomic E-state index is 11.7. The lowest BCUT2D eigenvalue weighted by atomic mass is 9.98. The average Bonchev–Trinajstić information content (AvgIpc) is 2.62. The van der Waals surface area contributed by atoms with Gasteiger partial charge in [-0.05, 0) is 38.9 Å². The average molecular weight is 230 g/mol. The van der Waals surface area contributed by atoms with Crippen LogP contribution in [0.1, 0.15) is 40.0 Å². The predicted octanol–water partition coefficient (Wildman–Crippen LogP) is 1.52. The van der Waals surface area contributed by atoms with Crippen molar-refractivity contribution in [1.82, 2.24) is 5.32 Å². The maximum Gasteiger partial charge on any atom is 0.239 e. The lowest BCUT2D eigenvalue weighted by molar-refractivity contribution is -0.126. The Morgan fingerprint density at radius 3 is 2.80 bits per heavy atom. The van der Waals surface area contributed by atoms with Crippen LogP contribution in [0, 0.1) is 0 Å². The molecule has 4 heteroatoms. The number of rotatable bonds is 4. The summed E-state index contributed by atoms with van der Waals surface area (Å²) in [6.07, 6.45) is 3.11. The summed E-state index contributed by atoms with van der Waals surface area (Å²) < 4.78 is 0.222. The molecule has 1 saturated heterocycles. The van der Waals surface area contributed by atoms with E-state index in [-0.39, 0.29) is 10.7 Å². The van der Waals surface area contributed by atoms with Gasteiger partial charge in [0.2, 0.25) is 5.91 Å². The number of hydrogen-bond donors (Lipinski definition) is 2. The molecule has 1 rings (SSSR count). The SMILES string of the molecule is CCC(C)(N)C(=O)NCC1(C)CCCS1. The Balaban J connectivity index is 2.40. The topological polar surface area (TPSA) is 55.1 Å². The molecule has 0 radical (unpaired) electrons. The highest BCUT2D eigenvalue weighted by Crippen LogP contribution is 2.36. The predicted molar refractivity (Wildman–Crippen MR) is 66.0 cm³/mol. The molecule has 3 N–H and O–H groups in total. The fourth-order valence-electron chi connectivity index (χ4n) is 1.61. The van der Waals surface area contributed by atoms with Gasteiger partial charge in [-0.1, -0.05) is 6.92 Å². The highest BCUT2D eigenvalue weighted by molar-refractivity contribution is 8.00. The van der Waals surface area contributed by atoms with Gasteiger partial charge in [0.25, 0.3) is 0 Å². The molecular weight excluding hydrogens is 208 g/mol. The molecule has 1 aliphatic rings. The summed E-state index contributed by atoms with van der Waals surface area (Å²) in [6, 6.07) is 0. The van der Waals surface area contributed by atoms with Crippen LogP contribution in [0.2, 0.25) is 0 Å². The van der Waals surface area contributed by atoms with Gasteiger partial charge in [0.1, 0.15) is 0 Å². The molecule has 0 saturated carbocycles. The summed E-state index contributed by atoms with van der Waals surface area (Å²) in [4.78, 5) is 11.7. The zero-order valence-corrected chi connectivity index (χ0v) is 10.7. The Labute approximate surface area is 96.6 Å². The van der Waals surface area contributed by atoms with E-state index in [9.17, 15) is 4.79 Å². The molecule has 1 fully saturated rings. The van der Waals surface area contributed by atoms with Crippen molar-refractivity contribution < 1.29 is 4.79 Å². The van der Waals surface area contributed by atoms with Crippen LogP contribution in [-0.2, 0) is 4.79 Å². The second-order valence-electron chi connectivity index (χ2n) is 4.86. The number of carbonyl (C=O) groups is 1. The van der Waals surface area contributed by atoms with Crippen molar-refractivity contribution in [1.29, 1.82) is 0 Å². The van der Waals surface area contributed by atoms with E-state index < -0.39 is 5.54 Å². The van der Waals surface area contributed by atoms with Crippen molar-refractivity contribution in [2.24, 2.45) is 5.73 Å². The fraction of sp³-hybridized carbons (Fsp3) is 0.909. The number of amides is 1. The summed E-state index contributed by atoms with van der Waals surface area (Å²) in [5.74, 6) is 1.18. The van der Waals surface area contributed by atoms with Gasteiger partial charge < -0.3 is 11.1 Å². The zero-order valence-electron chi connectivity index (χ0n) is 9.93. The maximum absolute atomic E-state index is 11.7. The van der Waals surface area contributed by atoms with E-state index in [4.69, 9.17) is 5.73 Å². The number of hydrogen-bond acceptors (Lipinski definition) is 3. The highest BCUT2D eigenvalue weighted by atomic mass is 32.2. The van der Waals surface area contributed by atoms with Crippen molar-refractivity contribution in [2.75, 3.05) is 12.3 Å². The molecule has 0 aliphatic carbocycles. The van der Waals surface area contributed by atoms with Gasteiger partial charge >= 0.3 is 0 Å². The van der Waals surface area contributed by atoms with Crippen molar-refractivity contribution >= 4 is 17.7 Å². The van der Waals surface area contributed by atoms with Gasteiger partial charge in [0.15, 0.2) is 0 Å². The highest BCUT2D eigenvalue weighted by Gasteiger charge is 2.32. The first-order chi connectivity index (χ1) is 6.90. The van der Waals surface area contributed by atoms with Gasteiger partial charge in [-0.2, -0.15) is 11.8 Å². The standard InChI is InChI=1S/C11H22N2OS/c1-4-11(3,12)9(14)13-8-10(2)6-5-7-15-10/h4-8,12H2,1-3H3,(H,13,14). The number of carbonyl (C=O) groups excluding carboxylic acids is 1. The molecule has 0 bridgehead atoms. The Bertz CT molecular complexity index is 235. The smallest absolute Gasteiger partial charge is 0.239 e. The lowest BCUT2D eigenvalue weighted by Gasteiger charge is -2.27. The summed E-state index contributed by atoms with van der Waals surface area (Å²) in [5, 5.41) is 2.97. The number of thioether (sulfide) groups is 1. The van der Waals surface area contributed by atoms with Crippen molar-refractivity contribution in [2.45, 2.75) is 50.3 Å². The van der Waals surface area contributed by atoms with Crippen LogP contribution in [0.25, 0.3) is 0 Å². The Morgan fingerprint density at radius 2 is 2.33 bits per heavy atom. The molecule has 88 valence electrons. The molecule has 3 nitrogen and oxygen atoms in total. The quantitative estimate of drug-likeness (QED) is 0.770. The van der Waals surface area contributed by atoms with Crippen molar-refractivity contribution in [3.63, 3.8) is 0 Å². The molecule has 0 spiro atoms. The van der Waals surface area contributed by atoms with E-state index in [0.29, 0.717) is 6.42 Å². The first-order valence-electron chi connectivity index (χ1n) is 5.61. The third-order valence-corrected chi connectivity index (χ3v) is 4.71. The Hall–Kier alpha value is -0.220. The van der Waals surface area contributed by atoms with E-state index in [1.165, 1.54) is 18.6 Å². The van der Waals surface area contributed by atoms with Crippen molar-refractivity contribution in [3.8, 4) is 0 Å². The molecule has 2 unspecified atom stereocenters. The van der Waals surface area contributed by atoms with Crippen LogP contribution in [-0.4, -0.2) is 28.5 Å². The van der Waals surface area contributed by atoms with Crippen LogP contribution in [0.3, 0.4) is 0 Å². The Kier molecular flexibility index (Phi) is 4.06. The van der Waals surface area contributed by atoms with Gasteiger partial charge in [-0.15, -0.1) is 0 Å². The largest absolute Gasteiger partial charge is 0.353 e. The molecule has 2 atom stereocenters. The van der Waals surface area contributed by atoms with Crippen LogP contribution < -0.4 is 11.1 Å². The van der Waals surface area contributed by atoms with Gasteiger partial charge in [-0.3, -0.25) is 4.79 Å². The molecule has 1 aliphatic heterocycles. The van der Waals surface area contributed by atoms with E-state index in [2.05, 4.69) is 12.2 Å². The Morgan fingerprint density at radius 1 is 1.67 bits per heavy atom. The second kappa shape index (κ2) is 4.74. The molecule has 0 aromatic carbocycles. The van der Waals surface area contributed by atoms with E-state index in [1.807, 2.05) is 18.7 Å². The van der Waals surface area contributed by atoms with Crippen LogP contribution in [0.15, 0.2) is 0 Å². The van der Waals surface area contributed by atoms with Crippen LogP contribution in [0.5, 0.6) is 0 Å². The van der Waals surface area contributed by atoms with Gasteiger partial charge in [0.05, 0.1) is 5.54 Å². The summed E-state index contributed by atoms with van der Waals surface area (Å²) in [5.41, 5.74) is 5.15. The minimum atomic E-state index is -0.723. The molecule has 0 aromatic rings. The second-order valence-corrected chi connectivity index (χ2v) is 6.54. The fourth-order valence-corrected chi connectivity index (χ4v) is 2.85.